The minimum absolute atomic E-state index is 0.0195. The lowest BCUT2D eigenvalue weighted by Crippen LogP contribution is -2.47. The largest absolute Gasteiger partial charge is 0.465 e. The number of ether oxygens (including phenoxy) is 2. The first kappa shape index (κ1) is 19.1. The zero-order valence-electron chi connectivity index (χ0n) is 12.6. The van der Waals surface area contributed by atoms with Gasteiger partial charge >= 0.3 is 19.5 Å². The average molecular weight is 310 g/mol. The molecule has 0 radical (unpaired) electrons. The molecular formula is C12H23O7P. The van der Waals surface area contributed by atoms with Gasteiger partial charge in [0.1, 0.15) is 0 Å². The third kappa shape index (κ3) is 3.81. The Bertz CT molecular complexity index is 352. The number of hydrogen-bond acceptors (Lipinski definition) is 7. The van der Waals surface area contributed by atoms with Crippen molar-refractivity contribution in [1.82, 2.24) is 0 Å². The molecule has 0 heterocycles. The monoisotopic (exact) mass is 310 g/mol. The molecular weight excluding hydrogens is 287 g/mol. The molecule has 0 aromatic heterocycles. The summed E-state index contributed by atoms with van der Waals surface area (Å²) in [4.78, 5) is 24.2. The molecule has 0 aromatic carbocycles. The highest BCUT2D eigenvalue weighted by molar-refractivity contribution is 7.58. The number of esters is 2. The Kier molecular flexibility index (Phi) is 8.01. The van der Waals surface area contributed by atoms with E-state index in [1.165, 1.54) is 0 Å². The summed E-state index contributed by atoms with van der Waals surface area (Å²) in [6.07, 6.45) is 0. The van der Waals surface area contributed by atoms with E-state index in [9.17, 15) is 14.2 Å². The molecule has 0 N–H and O–H groups in total. The molecule has 0 aliphatic rings. The van der Waals surface area contributed by atoms with E-state index >= 15 is 0 Å². The third-order valence-corrected chi connectivity index (χ3v) is 5.15. The van der Waals surface area contributed by atoms with Crippen molar-refractivity contribution in [2.24, 2.45) is 0 Å². The van der Waals surface area contributed by atoms with Crippen molar-refractivity contribution in [2.45, 2.75) is 39.8 Å². The van der Waals surface area contributed by atoms with Gasteiger partial charge in [0, 0.05) is 0 Å². The Labute approximate surface area is 119 Å². The van der Waals surface area contributed by atoms with Crippen molar-refractivity contribution in [3.05, 3.63) is 0 Å². The molecule has 118 valence electrons. The van der Waals surface area contributed by atoms with E-state index in [1.54, 1.807) is 27.7 Å². The van der Waals surface area contributed by atoms with Gasteiger partial charge in [-0.25, -0.2) is 0 Å². The molecule has 0 aromatic rings. The van der Waals surface area contributed by atoms with E-state index in [0.717, 1.165) is 6.92 Å². The lowest BCUT2D eigenvalue weighted by atomic mass is 10.2. The van der Waals surface area contributed by atoms with Crippen LogP contribution in [-0.2, 0) is 32.7 Å². The molecule has 0 saturated heterocycles. The van der Waals surface area contributed by atoms with Crippen molar-refractivity contribution >= 4 is 19.5 Å². The van der Waals surface area contributed by atoms with Crippen molar-refractivity contribution in [2.75, 3.05) is 26.4 Å². The average Bonchev–Trinajstić information content (AvgIpc) is 2.38. The minimum Gasteiger partial charge on any atom is -0.465 e. The molecule has 0 aliphatic heterocycles. The Morgan fingerprint density at radius 2 is 1.20 bits per heavy atom. The molecule has 8 heteroatoms. The summed E-state index contributed by atoms with van der Waals surface area (Å²) in [5.41, 5.74) is 0. The van der Waals surface area contributed by atoms with Crippen LogP contribution in [0.5, 0.6) is 0 Å². The third-order valence-electron chi connectivity index (χ3n) is 2.49. The second kappa shape index (κ2) is 8.39. The summed E-state index contributed by atoms with van der Waals surface area (Å²) in [6.45, 7) is 7.60. The van der Waals surface area contributed by atoms with Crippen LogP contribution in [0.2, 0.25) is 0 Å². The van der Waals surface area contributed by atoms with Crippen molar-refractivity contribution in [1.29, 1.82) is 0 Å². The number of hydrogen-bond donors (Lipinski definition) is 0. The summed E-state index contributed by atoms with van der Waals surface area (Å²) in [5, 5.41) is -2.13. The normalized spacial score (nSPS) is 12.1. The van der Waals surface area contributed by atoms with Crippen LogP contribution in [0.15, 0.2) is 0 Å². The van der Waals surface area contributed by atoms with Crippen LogP contribution in [0.25, 0.3) is 0 Å². The maximum atomic E-state index is 12.8. The molecule has 0 spiro atoms. The SMILES string of the molecule is CCOC(=O)C(C)(C(=O)OCC)P(=O)(OCC)OCC. The van der Waals surface area contributed by atoms with E-state index in [4.69, 9.17) is 18.5 Å². The summed E-state index contributed by atoms with van der Waals surface area (Å²) in [7, 11) is -4.06. The number of rotatable bonds is 9. The Hall–Kier alpha value is -0.910. The summed E-state index contributed by atoms with van der Waals surface area (Å²) in [6, 6.07) is 0. The van der Waals surface area contributed by atoms with Crippen molar-refractivity contribution in [3.63, 3.8) is 0 Å². The van der Waals surface area contributed by atoms with E-state index in [1.807, 2.05) is 0 Å². The fourth-order valence-corrected chi connectivity index (χ4v) is 3.33. The molecule has 0 saturated carbocycles. The molecule has 0 unspecified atom stereocenters. The highest BCUT2D eigenvalue weighted by Gasteiger charge is 2.61. The molecule has 0 rings (SSSR count). The van der Waals surface area contributed by atoms with Crippen LogP contribution in [0.4, 0.5) is 0 Å². The zero-order valence-corrected chi connectivity index (χ0v) is 13.5. The van der Waals surface area contributed by atoms with Gasteiger partial charge in [0.25, 0.3) is 5.16 Å². The van der Waals surface area contributed by atoms with Crippen LogP contribution < -0.4 is 0 Å². The Balaban J connectivity index is 5.75. The van der Waals surface area contributed by atoms with Crippen LogP contribution in [0.3, 0.4) is 0 Å². The molecule has 7 nitrogen and oxygen atoms in total. The lowest BCUT2D eigenvalue weighted by molar-refractivity contribution is -0.159. The fraction of sp³-hybridized carbons (Fsp3) is 0.833. The first-order valence-electron chi connectivity index (χ1n) is 6.57. The molecule has 20 heavy (non-hydrogen) atoms. The van der Waals surface area contributed by atoms with Crippen molar-refractivity contribution < 1.29 is 32.7 Å². The highest BCUT2D eigenvalue weighted by Crippen LogP contribution is 2.60. The first-order valence-corrected chi connectivity index (χ1v) is 8.11. The summed E-state index contributed by atoms with van der Waals surface area (Å²) < 4.78 is 32.7. The van der Waals surface area contributed by atoms with E-state index < -0.39 is 24.7 Å². The Morgan fingerprint density at radius 1 is 0.850 bits per heavy atom. The lowest BCUT2D eigenvalue weighted by Gasteiger charge is -2.31. The van der Waals surface area contributed by atoms with E-state index in [-0.39, 0.29) is 26.4 Å². The minimum atomic E-state index is -4.06. The highest BCUT2D eigenvalue weighted by atomic mass is 31.2. The van der Waals surface area contributed by atoms with Crippen LogP contribution >= 0.6 is 7.60 Å². The molecule has 0 bridgehead atoms. The maximum absolute atomic E-state index is 12.8. The second-order valence-electron chi connectivity index (χ2n) is 3.85. The zero-order chi connectivity index (χ0) is 15.8. The standard InChI is InChI=1S/C12H23O7P/c1-6-16-10(13)12(5,11(14)17-7-2)20(15,18-8-3)19-9-4/h6-9H2,1-5H3. The summed E-state index contributed by atoms with van der Waals surface area (Å²) >= 11 is 0. The first-order chi connectivity index (χ1) is 9.33. The number of carbonyl (C=O) groups is 2. The van der Waals surface area contributed by atoms with Crippen molar-refractivity contribution in [3.8, 4) is 0 Å². The van der Waals surface area contributed by atoms with Gasteiger partial charge in [0.15, 0.2) is 0 Å². The van der Waals surface area contributed by atoms with E-state index in [0.29, 0.717) is 0 Å². The molecule has 0 amide bonds. The van der Waals surface area contributed by atoms with Crippen LogP contribution in [-0.4, -0.2) is 43.5 Å². The van der Waals surface area contributed by atoms with Gasteiger partial charge < -0.3 is 18.5 Å². The van der Waals surface area contributed by atoms with Gasteiger partial charge in [0.2, 0.25) is 0 Å². The van der Waals surface area contributed by atoms with Gasteiger partial charge in [0.05, 0.1) is 26.4 Å². The van der Waals surface area contributed by atoms with Gasteiger partial charge in [-0.3, -0.25) is 14.2 Å². The van der Waals surface area contributed by atoms with Crippen LogP contribution in [0.1, 0.15) is 34.6 Å². The predicted molar refractivity (Wildman–Crippen MR) is 72.5 cm³/mol. The smallest absolute Gasteiger partial charge is 0.359 e. The number of carbonyl (C=O) groups excluding carboxylic acids is 2. The topological polar surface area (TPSA) is 88.1 Å². The predicted octanol–water partition coefficient (Wildman–Crippen LogP) is 2.14. The molecule has 0 fully saturated rings. The summed E-state index contributed by atoms with van der Waals surface area (Å²) in [5.74, 6) is -1.97. The van der Waals surface area contributed by atoms with Gasteiger partial charge in [-0.15, -0.1) is 0 Å². The van der Waals surface area contributed by atoms with E-state index in [2.05, 4.69) is 0 Å². The maximum Gasteiger partial charge on any atom is 0.359 e. The quantitative estimate of drug-likeness (QED) is 0.366. The molecule has 0 aliphatic carbocycles. The van der Waals surface area contributed by atoms with Crippen LogP contribution in [0, 0.1) is 0 Å². The van der Waals surface area contributed by atoms with Gasteiger partial charge in [-0.2, -0.15) is 0 Å². The fourth-order valence-electron chi connectivity index (χ4n) is 1.49. The van der Waals surface area contributed by atoms with Gasteiger partial charge in [-0.1, -0.05) is 0 Å². The second-order valence-corrected chi connectivity index (χ2v) is 6.25. The Morgan fingerprint density at radius 3 is 1.45 bits per heavy atom. The molecule has 0 atom stereocenters. The van der Waals surface area contributed by atoms with Gasteiger partial charge in [-0.05, 0) is 34.6 Å².